The highest BCUT2D eigenvalue weighted by atomic mass is 16.4. The number of nitrogens with zero attached hydrogens (tertiary/aromatic N) is 1. The van der Waals surface area contributed by atoms with Crippen LogP contribution in [-0.4, -0.2) is 47.7 Å². The van der Waals surface area contributed by atoms with Gasteiger partial charge in [0.1, 0.15) is 6.04 Å². The first-order valence-corrected chi connectivity index (χ1v) is 7.67. The molecular weight excluding hydrogens is 240 g/mol. The lowest BCUT2D eigenvalue weighted by molar-refractivity contribution is -0.139. The monoisotopic (exact) mass is 268 g/mol. The lowest BCUT2D eigenvalue weighted by Gasteiger charge is -2.24. The fourth-order valence-corrected chi connectivity index (χ4v) is 2.83. The molecule has 19 heavy (non-hydrogen) atoms. The van der Waals surface area contributed by atoms with Crippen molar-refractivity contribution in [3.63, 3.8) is 0 Å². The minimum absolute atomic E-state index is 0.358. The van der Waals surface area contributed by atoms with E-state index in [1.165, 1.54) is 19.3 Å². The minimum atomic E-state index is -0.693. The fraction of sp³-hybridized carbons (Fsp3) is 0.933. The van der Waals surface area contributed by atoms with E-state index in [9.17, 15) is 9.90 Å². The van der Waals surface area contributed by atoms with Crippen molar-refractivity contribution in [1.82, 2.24) is 10.2 Å². The van der Waals surface area contributed by atoms with Crippen LogP contribution in [0.4, 0.5) is 0 Å². The van der Waals surface area contributed by atoms with Gasteiger partial charge in [-0.25, -0.2) is 0 Å². The summed E-state index contributed by atoms with van der Waals surface area (Å²) >= 11 is 0. The third kappa shape index (κ3) is 5.11. The molecule has 0 aromatic rings. The van der Waals surface area contributed by atoms with Crippen molar-refractivity contribution in [3.8, 4) is 0 Å². The molecule has 1 aliphatic heterocycles. The fourth-order valence-electron chi connectivity index (χ4n) is 2.83. The van der Waals surface area contributed by atoms with Crippen LogP contribution >= 0.6 is 0 Å². The molecule has 2 rings (SSSR count). The predicted octanol–water partition coefficient (Wildman–Crippen LogP) is 2.09. The van der Waals surface area contributed by atoms with Crippen molar-refractivity contribution < 1.29 is 9.90 Å². The van der Waals surface area contributed by atoms with Gasteiger partial charge in [-0.1, -0.05) is 13.8 Å². The van der Waals surface area contributed by atoms with Crippen LogP contribution in [0.15, 0.2) is 0 Å². The molecule has 4 heteroatoms. The van der Waals surface area contributed by atoms with Gasteiger partial charge in [0.25, 0.3) is 0 Å². The average Bonchev–Trinajstić information content (AvgIpc) is 3.13. The van der Waals surface area contributed by atoms with Gasteiger partial charge in [-0.05, 0) is 57.0 Å². The van der Waals surface area contributed by atoms with Crippen LogP contribution in [0.25, 0.3) is 0 Å². The molecule has 1 heterocycles. The maximum Gasteiger partial charge on any atom is 0.320 e. The van der Waals surface area contributed by atoms with Gasteiger partial charge >= 0.3 is 5.97 Å². The Morgan fingerprint density at radius 1 is 1.37 bits per heavy atom. The van der Waals surface area contributed by atoms with Crippen molar-refractivity contribution in [2.24, 2.45) is 5.41 Å². The summed E-state index contributed by atoms with van der Waals surface area (Å²) in [6, 6.07) is 0.105. The number of carbonyl (C=O) groups is 1. The van der Waals surface area contributed by atoms with Crippen LogP contribution in [0.5, 0.6) is 0 Å². The first-order chi connectivity index (χ1) is 8.96. The van der Waals surface area contributed by atoms with Gasteiger partial charge in [0.15, 0.2) is 0 Å². The molecule has 0 aromatic heterocycles. The zero-order chi connectivity index (χ0) is 13.9. The molecule has 1 aliphatic carbocycles. The van der Waals surface area contributed by atoms with E-state index in [0.717, 1.165) is 38.9 Å². The summed E-state index contributed by atoms with van der Waals surface area (Å²) < 4.78 is 0. The highest BCUT2D eigenvalue weighted by Crippen LogP contribution is 2.29. The number of aliphatic carboxylic acids is 1. The van der Waals surface area contributed by atoms with Crippen molar-refractivity contribution in [3.05, 3.63) is 0 Å². The molecule has 2 aliphatic rings. The molecular formula is C15H28N2O2. The summed E-state index contributed by atoms with van der Waals surface area (Å²) in [4.78, 5) is 13.7. The van der Waals surface area contributed by atoms with E-state index in [-0.39, 0.29) is 6.04 Å². The summed E-state index contributed by atoms with van der Waals surface area (Å²) in [6.45, 7) is 7.82. The van der Waals surface area contributed by atoms with E-state index < -0.39 is 5.97 Å². The highest BCUT2D eigenvalue weighted by Gasteiger charge is 2.29. The van der Waals surface area contributed by atoms with E-state index in [2.05, 4.69) is 24.1 Å². The number of carboxylic acid groups (broad SMARTS) is 1. The molecule has 0 radical (unpaired) electrons. The van der Waals surface area contributed by atoms with E-state index in [1.54, 1.807) is 0 Å². The number of hydrogen-bond acceptors (Lipinski definition) is 3. The SMILES string of the molecule is CC1(C)CCCN(CCC(NC2CC2)C(=O)O)CC1. The van der Waals surface area contributed by atoms with E-state index in [1.807, 2.05) is 0 Å². The summed E-state index contributed by atoms with van der Waals surface area (Å²) in [6.07, 6.45) is 6.75. The van der Waals surface area contributed by atoms with Gasteiger partial charge in [-0.2, -0.15) is 0 Å². The van der Waals surface area contributed by atoms with Gasteiger partial charge < -0.3 is 15.3 Å². The maximum absolute atomic E-state index is 11.2. The Hall–Kier alpha value is -0.610. The number of likely N-dealkylation sites (tertiary alicyclic amines) is 1. The Bertz CT molecular complexity index is 313. The van der Waals surface area contributed by atoms with Gasteiger partial charge in [0.2, 0.25) is 0 Å². The minimum Gasteiger partial charge on any atom is -0.480 e. The van der Waals surface area contributed by atoms with Crippen molar-refractivity contribution in [1.29, 1.82) is 0 Å². The lowest BCUT2D eigenvalue weighted by Crippen LogP contribution is -2.41. The number of nitrogens with one attached hydrogen (secondary N) is 1. The van der Waals surface area contributed by atoms with Gasteiger partial charge in [-0.15, -0.1) is 0 Å². The normalized spacial score (nSPS) is 25.8. The second-order valence-electron chi connectivity index (χ2n) is 6.98. The van der Waals surface area contributed by atoms with Crippen LogP contribution in [-0.2, 0) is 4.79 Å². The Morgan fingerprint density at radius 2 is 2.11 bits per heavy atom. The van der Waals surface area contributed by atoms with Crippen LogP contribution in [0.2, 0.25) is 0 Å². The molecule has 4 nitrogen and oxygen atoms in total. The molecule has 0 aromatic carbocycles. The second-order valence-corrected chi connectivity index (χ2v) is 6.98. The molecule has 1 atom stereocenters. The largest absolute Gasteiger partial charge is 0.480 e. The van der Waals surface area contributed by atoms with E-state index in [4.69, 9.17) is 0 Å². The summed E-state index contributed by atoms with van der Waals surface area (Å²) in [5.74, 6) is -0.693. The molecule has 0 amide bonds. The summed E-state index contributed by atoms with van der Waals surface area (Å²) in [7, 11) is 0. The molecule has 110 valence electrons. The van der Waals surface area contributed by atoms with E-state index in [0.29, 0.717) is 11.5 Å². The smallest absolute Gasteiger partial charge is 0.320 e. The average molecular weight is 268 g/mol. The topological polar surface area (TPSA) is 52.6 Å². The van der Waals surface area contributed by atoms with Crippen molar-refractivity contribution in [2.75, 3.05) is 19.6 Å². The Labute approximate surface area is 116 Å². The molecule has 1 saturated carbocycles. The molecule has 2 fully saturated rings. The summed E-state index contributed by atoms with van der Waals surface area (Å²) in [5.41, 5.74) is 0.452. The molecule has 0 bridgehead atoms. The first-order valence-electron chi connectivity index (χ1n) is 7.67. The van der Waals surface area contributed by atoms with Gasteiger partial charge in [-0.3, -0.25) is 4.79 Å². The Balaban J connectivity index is 1.74. The standard InChI is InChI=1S/C15H28N2O2/c1-15(2)7-3-9-17(11-8-15)10-6-13(14(18)19)16-12-4-5-12/h12-13,16H,3-11H2,1-2H3,(H,18,19). The van der Waals surface area contributed by atoms with Crippen LogP contribution < -0.4 is 5.32 Å². The third-order valence-corrected chi connectivity index (χ3v) is 4.48. The lowest BCUT2D eigenvalue weighted by atomic mass is 9.85. The van der Waals surface area contributed by atoms with Crippen molar-refractivity contribution >= 4 is 5.97 Å². The number of hydrogen-bond donors (Lipinski definition) is 2. The predicted molar refractivity (Wildman–Crippen MR) is 76.3 cm³/mol. The van der Waals surface area contributed by atoms with Crippen molar-refractivity contribution in [2.45, 2.75) is 64.5 Å². The summed E-state index contributed by atoms with van der Waals surface area (Å²) in [5, 5.41) is 12.5. The third-order valence-electron chi connectivity index (χ3n) is 4.48. The highest BCUT2D eigenvalue weighted by molar-refractivity contribution is 5.73. The Kier molecular flexibility index (Phi) is 4.85. The Morgan fingerprint density at radius 3 is 2.74 bits per heavy atom. The van der Waals surface area contributed by atoms with E-state index >= 15 is 0 Å². The van der Waals surface area contributed by atoms with Crippen LogP contribution in [0.3, 0.4) is 0 Å². The number of carboxylic acids is 1. The van der Waals surface area contributed by atoms with Gasteiger partial charge in [0, 0.05) is 12.6 Å². The van der Waals surface area contributed by atoms with Crippen LogP contribution in [0.1, 0.15) is 52.4 Å². The zero-order valence-corrected chi connectivity index (χ0v) is 12.3. The van der Waals surface area contributed by atoms with Gasteiger partial charge in [0.05, 0.1) is 0 Å². The zero-order valence-electron chi connectivity index (χ0n) is 12.3. The number of rotatable bonds is 6. The molecule has 0 spiro atoms. The molecule has 1 unspecified atom stereocenters. The second kappa shape index (κ2) is 6.23. The maximum atomic E-state index is 11.2. The first kappa shape index (κ1) is 14.8. The molecule has 1 saturated heterocycles. The quantitative estimate of drug-likeness (QED) is 0.774. The van der Waals surface area contributed by atoms with Crippen LogP contribution in [0, 0.1) is 5.41 Å². The molecule has 2 N–H and O–H groups in total.